The van der Waals surface area contributed by atoms with Crippen LogP contribution in [0.2, 0.25) is 0 Å². The molecule has 0 aliphatic carbocycles. The average molecular weight is 386 g/mol. The summed E-state index contributed by atoms with van der Waals surface area (Å²) in [6.07, 6.45) is 2.20. The molecule has 0 saturated heterocycles. The number of hydrogen-bond donors (Lipinski definition) is 1. The summed E-state index contributed by atoms with van der Waals surface area (Å²) in [5, 5.41) is 9.00. The van der Waals surface area contributed by atoms with Crippen molar-refractivity contribution in [2.24, 2.45) is 0 Å². The predicted molar refractivity (Wildman–Crippen MR) is 108 cm³/mol. The highest BCUT2D eigenvalue weighted by Crippen LogP contribution is 2.32. The van der Waals surface area contributed by atoms with Crippen LogP contribution in [0, 0.1) is 5.82 Å². The van der Waals surface area contributed by atoms with Gasteiger partial charge in [-0.15, -0.1) is 0 Å². The lowest BCUT2D eigenvalue weighted by molar-refractivity contribution is -0.138. The largest absolute Gasteiger partial charge is 0.491 e. The molecular weight excluding hydrogens is 359 g/mol. The quantitative estimate of drug-likeness (QED) is 0.483. The minimum Gasteiger partial charge on any atom is -0.491 e. The summed E-state index contributed by atoms with van der Waals surface area (Å²) in [5.41, 5.74) is 3.05. The minimum atomic E-state index is -0.513. The molecule has 0 spiro atoms. The average Bonchev–Trinajstić information content (AvgIpc) is 2.68. The fourth-order valence-electron chi connectivity index (χ4n) is 2.86. The van der Waals surface area contributed by atoms with Gasteiger partial charge in [0.05, 0.1) is 13.2 Å². The van der Waals surface area contributed by atoms with Gasteiger partial charge in [-0.3, -0.25) is 0 Å². The van der Waals surface area contributed by atoms with Crippen LogP contribution in [0.4, 0.5) is 4.39 Å². The Morgan fingerprint density at radius 1 is 1.11 bits per heavy atom. The van der Waals surface area contributed by atoms with Crippen molar-refractivity contribution in [2.45, 2.75) is 33.1 Å². The third kappa shape index (κ3) is 5.67. The van der Waals surface area contributed by atoms with Crippen molar-refractivity contribution in [1.82, 2.24) is 0 Å². The van der Waals surface area contributed by atoms with Crippen molar-refractivity contribution in [3.8, 4) is 16.9 Å². The van der Waals surface area contributed by atoms with Crippen molar-refractivity contribution in [3.63, 3.8) is 0 Å². The van der Waals surface area contributed by atoms with Crippen LogP contribution in [-0.4, -0.2) is 30.9 Å². The predicted octanol–water partition coefficient (Wildman–Crippen LogP) is 4.48. The molecule has 0 aliphatic rings. The molecule has 0 amide bonds. The maximum absolute atomic E-state index is 15.3. The minimum absolute atomic E-state index is 0.0109. The summed E-state index contributed by atoms with van der Waals surface area (Å²) < 4.78 is 25.8. The van der Waals surface area contributed by atoms with Gasteiger partial charge in [0, 0.05) is 23.1 Å². The van der Waals surface area contributed by atoms with Crippen LogP contribution in [0.5, 0.6) is 5.75 Å². The lowest BCUT2D eigenvalue weighted by atomic mass is 9.98. The van der Waals surface area contributed by atoms with E-state index in [2.05, 4.69) is 13.5 Å². The van der Waals surface area contributed by atoms with Gasteiger partial charge in [0.15, 0.2) is 0 Å². The normalized spacial score (nSPS) is 10.6. The van der Waals surface area contributed by atoms with Gasteiger partial charge in [-0.2, -0.15) is 0 Å². The Kier molecular flexibility index (Phi) is 8.20. The van der Waals surface area contributed by atoms with Gasteiger partial charge in [-0.1, -0.05) is 44.2 Å². The number of aliphatic hydroxyl groups is 1. The summed E-state index contributed by atoms with van der Waals surface area (Å²) >= 11 is 0. The highest BCUT2D eigenvalue weighted by molar-refractivity contribution is 5.86. The van der Waals surface area contributed by atoms with E-state index in [-0.39, 0.29) is 31.8 Å². The molecule has 28 heavy (non-hydrogen) atoms. The molecule has 150 valence electrons. The van der Waals surface area contributed by atoms with Crippen LogP contribution in [-0.2, 0) is 22.4 Å². The van der Waals surface area contributed by atoms with Gasteiger partial charge in [0.1, 0.15) is 18.2 Å². The molecule has 0 heterocycles. The van der Waals surface area contributed by atoms with E-state index < -0.39 is 11.8 Å². The summed E-state index contributed by atoms with van der Waals surface area (Å²) in [5.74, 6) is -0.588. The van der Waals surface area contributed by atoms with Crippen LogP contribution in [0.3, 0.4) is 0 Å². The van der Waals surface area contributed by atoms with E-state index in [1.165, 1.54) is 5.56 Å². The maximum Gasteiger partial charge on any atom is 0.333 e. The van der Waals surface area contributed by atoms with Crippen molar-refractivity contribution in [2.75, 3.05) is 19.8 Å². The fraction of sp³-hybridized carbons (Fsp3) is 0.348. The lowest BCUT2D eigenvalue weighted by Crippen LogP contribution is -2.11. The molecule has 0 aliphatic heterocycles. The molecule has 1 N–H and O–H groups in total. The molecule has 0 radical (unpaired) electrons. The van der Waals surface area contributed by atoms with Gasteiger partial charge >= 0.3 is 5.97 Å². The summed E-state index contributed by atoms with van der Waals surface area (Å²) in [6, 6.07) is 11.2. The highest BCUT2D eigenvalue weighted by Gasteiger charge is 2.17. The molecule has 2 aromatic rings. The van der Waals surface area contributed by atoms with Crippen molar-refractivity contribution < 1.29 is 23.8 Å². The van der Waals surface area contributed by atoms with E-state index in [4.69, 9.17) is 14.6 Å². The molecule has 0 atom stereocenters. The Morgan fingerprint density at radius 3 is 2.43 bits per heavy atom. The van der Waals surface area contributed by atoms with Crippen LogP contribution in [0.1, 0.15) is 31.4 Å². The Hall–Kier alpha value is -2.66. The Bertz CT molecular complexity index is 812. The van der Waals surface area contributed by atoms with E-state index in [1.807, 2.05) is 24.3 Å². The molecule has 0 fully saturated rings. The number of esters is 1. The van der Waals surface area contributed by atoms with Gasteiger partial charge < -0.3 is 14.6 Å². The molecule has 2 rings (SSSR count). The molecule has 0 saturated carbocycles. The Morgan fingerprint density at radius 2 is 1.82 bits per heavy atom. The number of carbonyl (C=O) groups is 1. The second kappa shape index (κ2) is 10.6. The second-order valence-corrected chi connectivity index (χ2v) is 6.59. The van der Waals surface area contributed by atoms with Crippen molar-refractivity contribution in [3.05, 3.63) is 65.5 Å². The first kappa shape index (κ1) is 21.6. The lowest BCUT2D eigenvalue weighted by Gasteiger charge is -2.15. The molecule has 0 bridgehead atoms. The van der Waals surface area contributed by atoms with Crippen LogP contribution >= 0.6 is 0 Å². The van der Waals surface area contributed by atoms with E-state index in [0.29, 0.717) is 16.9 Å². The number of benzene rings is 2. The number of halogens is 1. The van der Waals surface area contributed by atoms with Crippen molar-refractivity contribution in [1.29, 1.82) is 0 Å². The van der Waals surface area contributed by atoms with Gasteiger partial charge in [-0.05, 0) is 36.6 Å². The van der Waals surface area contributed by atoms with E-state index in [0.717, 1.165) is 18.4 Å². The third-order valence-corrected chi connectivity index (χ3v) is 4.29. The standard InChI is InChI=1S/C23H27FO4/c1-4-5-17-6-8-18(9-7-17)19-10-11-21(27-15-13-25)20(22(19)24)12-14-28-23(26)16(2)3/h6-11,25H,2,4-5,12-15H2,1,3H3. The highest BCUT2D eigenvalue weighted by atomic mass is 19.1. The van der Waals surface area contributed by atoms with E-state index in [1.54, 1.807) is 19.1 Å². The molecule has 4 nitrogen and oxygen atoms in total. The maximum atomic E-state index is 15.3. The van der Waals surface area contributed by atoms with Gasteiger partial charge in [-0.25, -0.2) is 9.18 Å². The van der Waals surface area contributed by atoms with Crippen LogP contribution in [0.15, 0.2) is 48.6 Å². The number of aryl methyl sites for hydroxylation is 1. The molecule has 0 unspecified atom stereocenters. The molecule has 0 aromatic heterocycles. The van der Waals surface area contributed by atoms with Gasteiger partial charge in [0.25, 0.3) is 0 Å². The van der Waals surface area contributed by atoms with E-state index >= 15 is 4.39 Å². The number of rotatable bonds is 10. The smallest absolute Gasteiger partial charge is 0.333 e. The van der Waals surface area contributed by atoms with E-state index in [9.17, 15) is 4.79 Å². The number of carbonyl (C=O) groups excluding carboxylic acids is 1. The Labute approximate surface area is 165 Å². The summed E-state index contributed by atoms with van der Waals surface area (Å²) in [6.45, 7) is 7.10. The molecule has 2 aromatic carbocycles. The number of ether oxygens (including phenoxy) is 2. The summed E-state index contributed by atoms with van der Waals surface area (Å²) in [7, 11) is 0. The third-order valence-electron chi connectivity index (χ3n) is 4.29. The number of aliphatic hydroxyl groups excluding tert-OH is 1. The van der Waals surface area contributed by atoms with Crippen LogP contribution in [0.25, 0.3) is 11.1 Å². The first-order chi connectivity index (χ1) is 13.5. The van der Waals surface area contributed by atoms with Gasteiger partial charge in [0.2, 0.25) is 0 Å². The molecule has 5 heteroatoms. The summed E-state index contributed by atoms with van der Waals surface area (Å²) in [4.78, 5) is 11.6. The zero-order valence-corrected chi connectivity index (χ0v) is 16.5. The zero-order valence-electron chi connectivity index (χ0n) is 16.5. The first-order valence-electron chi connectivity index (χ1n) is 9.44. The topological polar surface area (TPSA) is 55.8 Å². The number of hydrogen-bond acceptors (Lipinski definition) is 4. The Balaban J connectivity index is 2.29. The fourth-order valence-corrected chi connectivity index (χ4v) is 2.86. The first-order valence-corrected chi connectivity index (χ1v) is 9.44. The molecular formula is C23H27FO4. The SMILES string of the molecule is C=C(C)C(=O)OCCc1c(OCCO)ccc(-c2ccc(CCC)cc2)c1F. The zero-order chi connectivity index (χ0) is 20.5. The van der Waals surface area contributed by atoms with Crippen LogP contribution < -0.4 is 4.74 Å². The second-order valence-electron chi connectivity index (χ2n) is 6.59. The van der Waals surface area contributed by atoms with Crippen molar-refractivity contribution >= 4 is 5.97 Å². The monoisotopic (exact) mass is 386 g/mol.